The molecule has 3 fully saturated rings. The van der Waals surface area contributed by atoms with Crippen LogP contribution in [0.5, 0.6) is 0 Å². The van der Waals surface area contributed by atoms with Crippen molar-refractivity contribution in [3.05, 3.63) is 75.7 Å². The SMILES string of the molecule is O=C(c1ccc(/C=C2\SC(=O)N(Cc3ccc(F)c(F)c3)C2=O)cc1)N1CCC(N2CCCCC2)CC1. The van der Waals surface area contributed by atoms with Crippen LogP contribution in [0.2, 0.25) is 0 Å². The summed E-state index contributed by atoms with van der Waals surface area (Å²) < 4.78 is 26.7. The molecule has 6 nitrogen and oxygen atoms in total. The number of hydrogen-bond acceptors (Lipinski definition) is 5. The Hall–Kier alpha value is -3.04. The fraction of sp³-hybridized carbons (Fsp3) is 0.393. The van der Waals surface area contributed by atoms with Crippen LogP contribution in [0.15, 0.2) is 47.4 Å². The van der Waals surface area contributed by atoms with Gasteiger partial charge in [-0.25, -0.2) is 8.78 Å². The molecule has 3 heterocycles. The number of benzene rings is 2. The van der Waals surface area contributed by atoms with Crippen molar-refractivity contribution in [1.82, 2.24) is 14.7 Å². The summed E-state index contributed by atoms with van der Waals surface area (Å²) >= 11 is 0.800. The Morgan fingerprint density at radius 2 is 1.62 bits per heavy atom. The minimum absolute atomic E-state index is 0.00972. The molecule has 5 rings (SSSR count). The standard InChI is InChI=1S/C28H29F2N3O3S/c29-23-9-6-20(16-24(23)30)18-33-27(35)25(37-28(33)36)17-19-4-7-21(8-5-19)26(34)32-14-10-22(11-15-32)31-12-2-1-3-13-31/h4-9,16-17,22H,1-3,10-15,18H2/b25-17-. The van der Waals surface area contributed by atoms with Crippen molar-refractivity contribution in [2.75, 3.05) is 26.2 Å². The molecule has 3 amide bonds. The Kier molecular flexibility index (Phi) is 7.71. The number of likely N-dealkylation sites (tertiary alicyclic amines) is 2. The summed E-state index contributed by atoms with van der Waals surface area (Å²) in [5.41, 5.74) is 1.61. The number of thioether (sulfide) groups is 1. The van der Waals surface area contributed by atoms with E-state index in [-0.39, 0.29) is 17.4 Å². The molecule has 3 saturated heterocycles. The minimum Gasteiger partial charge on any atom is -0.339 e. The van der Waals surface area contributed by atoms with Gasteiger partial charge in [-0.2, -0.15) is 0 Å². The third-order valence-electron chi connectivity index (χ3n) is 7.31. The zero-order chi connectivity index (χ0) is 25.9. The molecule has 3 aliphatic heterocycles. The van der Waals surface area contributed by atoms with E-state index in [1.165, 1.54) is 38.4 Å². The number of rotatable bonds is 5. The van der Waals surface area contributed by atoms with Gasteiger partial charge in [0.1, 0.15) is 0 Å². The molecule has 0 N–H and O–H groups in total. The van der Waals surface area contributed by atoms with Gasteiger partial charge in [0.25, 0.3) is 17.1 Å². The van der Waals surface area contributed by atoms with Crippen LogP contribution in [0.4, 0.5) is 13.6 Å². The van der Waals surface area contributed by atoms with Crippen molar-refractivity contribution in [1.29, 1.82) is 0 Å². The lowest BCUT2D eigenvalue weighted by atomic mass is 9.99. The molecule has 9 heteroatoms. The molecule has 0 unspecified atom stereocenters. The first-order valence-corrected chi connectivity index (χ1v) is 13.5. The minimum atomic E-state index is -1.03. The van der Waals surface area contributed by atoms with Gasteiger partial charge in [0.15, 0.2) is 11.6 Å². The highest BCUT2D eigenvalue weighted by Crippen LogP contribution is 2.33. The molecule has 0 aromatic heterocycles. The highest BCUT2D eigenvalue weighted by molar-refractivity contribution is 8.18. The Morgan fingerprint density at radius 1 is 0.919 bits per heavy atom. The maximum atomic E-state index is 13.5. The van der Waals surface area contributed by atoms with Crippen molar-refractivity contribution in [2.24, 2.45) is 0 Å². The van der Waals surface area contributed by atoms with E-state index in [0.29, 0.717) is 22.7 Å². The van der Waals surface area contributed by atoms with Gasteiger partial charge in [-0.1, -0.05) is 24.6 Å². The molecular weight excluding hydrogens is 496 g/mol. The molecule has 0 radical (unpaired) electrons. The molecule has 0 aliphatic carbocycles. The van der Waals surface area contributed by atoms with Crippen molar-refractivity contribution >= 4 is 34.9 Å². The van der Waals surface area contributed by atoms with E-state index in [1.807, 2.05) is 4.90 Å². The Morgan fingerprint density at radius 3 is 2.30 bits per heavy atom. The fourth-order valence-corrected chi connectivity index (χ4v) is 6.07. The topological polar surface area (TPSA) is 60.9 Å². The predicted octanol–water partition coefficient (Wildman–Crippen LogP) is 5.29. The molecule has 0 atom stereocenters. The largest absolute Gasteiger partial charge is 0.339 e. The van der Waals surface area contributed by atoms with E-state index in [4.69, 9.17) is 0 Å². The normalized spacial score (nSPS) is 20.8. The van der Waals surface area contributed by atoms with Crippen LogP contribution < -0.4 is 0 Å². The lowest BCUT2D eigenvalue weighted by molar-refractivity contribution is -0.123. The summed E-state index contributed by atoms with van der Waals surface area (Å²) in [6, 6.07) is 10.9. The quantitative estimate of drug-likeness (QED) is 0.497. The van der Waals surface area contributed by atoms with Gasteiger partial charge in [0, 0.05) is 24.7 Å². The van der Waals surface area contributed by atoms with Crippen LogP contribution in [0.25, 0.3) is 6.08 Å². The van der Waals surface area contributed by atoms with Crippen molar-refractivity contribution in [2.45, 2.75) is 44.7 Å². The second-order valence-electron chi connectivity index (χ2n) is 9.76. The first-order chi connectivity index (χ1) is 17.9. The molecular formula is C28H29F2N3O3S. The second-order valence-corrected chi connectivity index (χ2v) is 10.8. The Balaban J connectivity index is 1.19. The summed E-state index contributed by atoms with van der Waals surface area (Å²) in [5.74, 6) is -2.49. The second kappa shape index (κ2) is 11.1. The molecule has 2 aromatic carbocycles. The summed E-state index contributed by atoms with van der Waals surface area (Å²) in [7, 11) is 0. The van der Waals surface area contributed by atoms with E-state index in [1.54, 1.807) is 30.3 Å². The van der Waals surface area contributed by atoms with Crippen molar-refractivity contribution in [3.8, 4) is 0 Å². The van der Waals surface area contributed by atoms with Gasteiger partial charge in [-0.15, -0.1) is 0 Å². The van der Waals surface area contributed by atoms with E-state index in [2.05, 4.69) is 4.90 Å². The number of nitrogens with zero attached hydrogens (tertiary/aromatic N) is 3. The molecule has 0 spiro atoms. The summed E-state index contributed by atoms with van der Waals surface area (Å²) in [6.07, 6.45) is 7.47. The summed E-state index contributed by atoms with van der Waals surface area (Å²) in [5, 5.41) is -0.472. The van der Waals surface area contributed by atoms with Gasteiger partial charge < -0.3 is 9.80 Å². The van der Waals surface area contributed by atoms with E-state index >= 15 is 0 Å². The fourth-order valence-electron chi connectivity index (χ4n) is 5.23. The molecule has 194 valence electrons. The van der Waals surface area contributed by atoms with Crippen LogP contribution >= 0.6 is 11.8 Å². The number of carbonyl (C=O) groups excluding carboxylic acids is 3. The van der Waals surface area contributed by atoms with E-state index in [9.17, 15) is 23.2 Å². The zero-order valence-corrected chi connectivity index (χ0v) is 21.3. The van der Waals surface area contributed by atoms with Gasteiger partial charge in [0.05, 0.1) is 11.4 Å². The van der Waals surface area contributed by atoms with Crippen LogP contribution in [0.3, 0.4) is 0 Å². The third kappa shape index (κ3) is 5.78. The molecule has 37 heavy (non-hydrogen) atoms. The molecule has 2 aromatic rings. The van der Waals surface area contributed by atoms with E-state index in [0.717, 1.165) is 54.7 Å². The van der Waals surface area contributed by atoms with E-state index < -0.39 is 22.8 Å². The van der Waals surface area contributed by atoms with Crippen molar-refractivity contribution in [3.63, 3.8) is 0 Å². The van der Waals surface area contributed by atoms with Gasteiger partial charge in [-0.05, 0) is 92.0 Å². The van der Waals surface area contributed by atoms with Crippen LogP contribution in [0, 0.1) is 11.6 Å². The molecule has 0 bridgehead atoms. The van der Waals surface area contributed by atoms with Crippen molar-refractivity contribution < 1.29 is 23.2 Å². The van der Waals surface area contributed by atoms with Crippen LogP contribution in [-0.2, 0) is 11.3 Å². The van der Waals surface area contributed by atoms with Gasteiger partial charge in [0.2, 0.25) is 0 Å². The lowest BCUT2D eigenvalue weighted by Crippen LogP contribution is -2.48. The number of amides is 3. The zero-order valence-electron chi connectivity index (χ0n) is 20.5. The Bertz CT molecular complexity index is 1220. The molecule has 0 saturated carbocycles. The lowest BCUT2D eigenvalue weighted by Gasteiger charge is -2.40. The Labute approximate surface area is 219 Å². The maximum Gasteiger partial charge on any atom is 0.293 e. The monoisotopic (exact) mass is 525 g/mol. The van der Waals surface area contributed by atoms with Crippen LogP contribution in [0.1, 0.15) is 53.6 Å². The molecule has 3 aliphatic rings. The number of imide groups is 1. The smallest absolute Gasteiger partial charge is 0.293 e. The average Bonchev–Trinajstić information content (AvgIpc) is 3.18. The number of hydrogen-bond donors (Lipinski definition) is 0. The maximum absolute atomic E-state index is 13.5. The van der Waals surface area contributed by atoms with Gasteiger partial charge in [-0.3, -0.25) is 19.3 Å². The summed E-state index contributed by atoms with van der Waals surface area (Å²) in [4.78, 5) is 44.0. The highest BCUT2D eigenvalue weighted by atomic mass is 32.2. The summed E-state index contributed by atoms with van der Waals surface area (Å²) in [6.45, 7) is 3.72. The number of carbonyl (C=O) groups is 3. The first-order valence-electron chi connectivity index (χ1n) is 12.7. The number of piperidine rings is 2. The highest BCUT2D eigenvalue weighted by Gasteiger charge is 2.35. The third-order valence-corrected chi connectivity index (χ3v) is 8.22. The average molecular weight is 526 g/mol. The van der Waals surface area contributed by atoms with Gasteiger partial charge >= 0.3 is 0 Å². The predicted molar refractivity (Wildman–Crippen MR) is 139 cm³/mol. The number of halogens is 2. The van der Waals surface area contributed by atoms with Crippen LogP contribution in [-0.4, -0.2) is 64.0 Å². The first kappa shape index (κ1) is 25.6.